The van der Waals surface area contributed by atoms with E-state index in [0.29, 0.717) is 44.1 Å². The van der Waals surface area contributed by atoms with Crippen molar-refractivity contribution in [2.75, 3.05) is 13.1 Å². The van der Waals surface area contributed by atoms with Gasteiger partial charge in [0.2, 0.25) is 5.91 Å². The molecular weight excluding hydrogens is 364 g/mol. The molecule has 0 radical (unpaired) electrons. The first-order valence-electron chi connectivity index (χ1n) is 8.99. The summed E-state index contributed by atoms with van der Waals surface area (Å²) in [6.45, 7) is 1.04. The van der Waals surface area contributed by atoms with E-state index in [1.54, 1.807) is 24.3 Å². The van der Waals surface area contributed by atoms with Crippen LogP contribution in [-0.4, -0.2) is 29.8 Å². The molecule has 144 valence electrons. The molecule has 0 aromatic heterocycles. The maximum atomic E-state index is 13.8. The van der Waals surface area contributed by atoms with Gasteiger partial charge in [0.1, 0.15) is 11.6 Å². The quantitative estimate of drug-likeness (QED) is 0.882. The Hall–Kier alpha value is -3.27. The van der Waals surface area contributed by atoms with Crippen molar-refractivity contribution in [3.05, 3.63) is 70.8 Å². The Kier molecular flexibility index (Phi) is 5.99. The number of amides is 2. The molecule has 1 N–H and O–H groups in total. The fourth-order valence-corrected chi connectivity index (χ4v) is 3.21. The average Bonchev–Trinajstić information content (AvgIpc) is 2.72. The van der Waals surface area contributed by atoms with E-state index < -0.39 is 17.5 Å². The molecule has 1 aliphatic heterocycles. The lowest BCUT2D eigenvalue weighted by Gasteiger charge is -2.31. The molecule has 0 unspecified atom stereocenters. The fraction of sp³-hybridized carbons (Fsp3) is 0.286. The summed E-state index contributed by atoms with van der Waals surface area (Å²) in [6, 6.07) is 11.9. The topological polar surface area (TPSA) is 73.2 Å². The van der Waals surface area contributed by atoms with Crippen molar-refractivity contribution in [3.8, 4) is 6.07 Å². The Bertz CT molecular complexity index is 914. The number of nitrogens with one attached hydrogen (secondary N) is 1. The van der Waals surface area contributed by atoms with Crippen molar-refractivity contribution in [2.24, 2.45) is 5.92 Å². The van der Waals surface area contributed by atoms with Crippen molar-refractivity contribution in [1.82, 2.24) is 10.2 Å². The Balaban J connectivity index is 1.50. The van der Waals surface area contributed by atoms with E-state index in [1.165, 1.54) is 4.90 Å². The first kappa shape index (κ1) is 19.5. The molecule has 0 atom stereocenters. The minimum absolute atomic E-state index is 0.0931. The summed E-state index contributed by atoms with van der Waals surface area (Å²) in [5, 5.41) is 11.7. The van der Waals surface area contributed by atoms with E-state index >= 15 is 0 Å². The third-order valence-electron chi connectivity index (χ3n) is 4.86. The summed E-state index contributed by atoms with van der Waals surface area (Å²) in [5.74, 6) is -2.42. The normalized spacial score (nSPS) is 14.4. The Morgan fingerprint density at radius 1 is 1.11 bits per heavy atom. The molecule has 0 bridgehead atoms. The highest BCUT2D eigenvalue weighted by molar-refractivity contribution is 5.94. The van der Waals surface area contributed by atoms with E-state index in [0.717, 1.165) is 17.7 Å². The molecule has 28 heavy (non-hydrogen) atoms. The molecule has 2 aromatic carbocycles. The molecule has 1 aliphatic rings. The van der Waals surface area contributed by atoms with Crippen LogP contribution in [0.2, 0.25) is 0 Å². The number of nitriles is 1. The van der Waals surface area contributed by atoms with E-state index in [4.69, 9.17) is 5.26 Å². The number of halogens is 2. The smallest absolute Gasteiger partial charge is 0.256 e. The van der Waals surface area contributed by atoms with Crippen LogP contribution in [0.5, 0.6) is 0 Å². The minimum Gasteiger partial charge on any atom is -0.352 e. The largest absolute Gasteiger partial charge is 0.352 e. The van der Waals surface area contributed by atoms with Crippen molar-refractivity contribution in [3.63, 3.8) is 0 Å². The molecule has 0 aliphatic carbocycles. The minimum atomic E-state index is -0.882. The molecule has 7 heteroatoms. The van der Waals surface area contributed by atoms with Gasteiger partial charge in [0.25, 0.3) is 5.91 Å². The van der Waals surface area contributed by atoms with Crippen molar-refractivity contribution < 1.29 is 18.4 Å². The molecule has 1 heterocycles. The zero-order valence-corrected chi connectivity index (χ0v) is 15.1. The highest BCUT2D eigenvalue weighted by Crippen LogP contribution is 2.21. The van der Waals surface area contributed by atoms with Gasteiger partial charge in [0, 0.05) is 31.6 Å². The monoisotopic (exact) mass is 383 g/mol. The van der Waals surface area contributed by atoms with Crippen LogP contribution in [0.25, 0.3) is 0 Å². The predicted octanol–water partition coefficient (Wildman–Crippen LogP) is 3.01. The molecule has 2 amide bonds. The number of piperidine rings is 1. The van der Waals surface area contributed by atoms with Gasteiger partial charge in [-0.1, -0.05) is 12.1 Å². The van der Waals surface area contributed by atoms with Crippen LogP contribution < -0.4 is 5.32 Å². The zero-order chi connectivity index (χ0) is 20.1. The lowest BCUT2D eigenvalue weighted by Crippen LogP contribution is -2.43. The number of benzene rings is 2. The Morgan fingerprint density at radius 3 is 2.39 bits per heavy atom. The summed E-state index contributed by atoms with van der Waals surface area (Å²) in [7, 11) is 0. The number of carbonyl (C=O) groups excluding carboxylic acids is 2. The number of carbonyl (C=O) groups is 2. The molecule has 5 nitrogen and oxygen atoms in total. The van der Waals surface area contributed by atoms with Crippen LogP contribution in [0.1, 0.15) is 34.3 Å². The lowest BCUT2D eigenvalue weighted by molar-refractivity contribution is -0.126. The van der Waals surface area contributed by atoms with Gasteiger partial charge in [-0.15, -0.1) is 0 Å². The third kappa shape index (κ3) is 4.52. The van der Waals surface area contributed by atoms with Gasteiger partial charge < -0.3 is 10.2 Å². The SMILES string of the molecule is N#Cc1ccc(CNC(=O)C2CCN(C(=O)c3ccc(F)cc3F)CC2)cc1. The number of hydrogen-bond donors (Lipinski definition) is 1. The van der Waals surface area contributed by atoms with Gasteiger partial charge in [-0.3, -0.25) is 9.59 Å². The number of nitrogens with zero attached hydrogens (tertiary/aromatic N) is 2. The summed E-state index contributed by atoms with van der Waals surface area (Å²) < 4.78 is 26.8. The number of likely N-dealkylation sites (tertiary alicyclic amines) is 1. The van der Waals surface area contributed by atoms with Crippen LogP contribution in [0, 0.1) is 28.9 Å². The van der Waals surface area contributed by atoms with E-state index in [1.807, 2.05) is 6.07 Å². The first-order chi connectivity index (χ1) is 13.5. The van der Waals surface area contributed by atoms with Gasteiger partial charge in [0.15, 0.2) is 0 Å². The van der Waals surface area contributed by atoms with Crippen molar-refractivity contribution >= 4 is 11.8 Å². The molecule has 1 fully saturated rings. The summed E-state index contributed by atoms with van der Waals surface area (Å²) in [5.41, 5.74) is 1.29. The summed E-state index contributed by atoms with van der Waals surface area (Å²) in [4.78, 5) is 26.3. The van der Waals surface area contributed by atoms with Gasteiger partial charge in [-0.25, -0.2) is 8.78 Å². The molecular formula is C21H19F2N3O2. The van der Waals surface area contributed by atoms with Crippen LogP contribution in [0.3, 0.4) is 0 Å². The van der Waals surface area contributed by atoms with Crippen LogP contribution in [0.4, 0.5) is 8.78 Å². The maximum Gasteiger partial charge on any atom is 0.256 e. The second-order valence-corrected chi connectivity index (χ2v) is 6.72. The first-order valence-corrected chi connectivity index (χ1v) is 8.99. The maximum absolute atomic E-state index is 13.8. The second kappa shape index (κ2) is 8.61. The van der Waals surface area contributed by atoms with Crippen molar-refractivity contribution in [2.45, 2.75) is 19.4 Å². The van der Waals surface area contributed by atoms with Gasteiger partial charge in [-0.05, 0) is 42.7 Å². The zero-order valence-electron chi connectivity index (χ0n) is 15.1. The van der Waals surface area contributed by atoms with Crippen LogP contribution in [0.15, 0.2) is 42.5 Å². The van der Waals surface area contributed by atoms with E-state index in [2.05, 4.69) is 5.32 Å². The van der Waals surface area contributed by atoms with Crippen LogP contribution >= 0.6 is 0 Å². The molecule has 3 rings (SSSR count). The molecule has 0 spiro atoms. The van der Waals surface area contributed by atoms with Gasteiger partial charge >= 0.3 is 0 Å². The highest BCUT2D eigenvalue weighted by Gasteiger charge is 2.28. The predicted molar refractivity (Wildman–Crippen MR) is 98.0 cm³/mol. The third-order valence-corrected chi connectivity index (χ3v) is 4.86. The highest BCUT2D eigenvalue weighted by atomic mass is 19.1. The standard InChI is InChI=1S/C21H19F2N3O2/c22-17-5-6-18(19(23)11-17)21(28)26-9-7-16(8-10-26)20(27)25-13-15-3-1-14(12-24)2-4-15/h1-6,11,16H,7-10,13H2,(H,25,27). The Morgan fingerprint density at radius 2 is 1.79 bits per heavy atom. The number of rotatable bonds is 4. The fourth-order valence-electron chi connectivity index (χ4n) is 3.21. The Labute approximate surface area is 161 Å². The summed E-state index contributed by atoms with van der Waals surface area (Å²) in [6.07, 6.45) is 0.960. The second-order valence-electron chi connectivity index (χ2n) is 6.72. The van der Waals surface area contributed by atoms with Gasteiger partial charge in [-0.2, -0.15) is 5.26 Å². The molecule has 2 aromatic rings. The lowest BCUT2D eigenvalue weighted by atomic mass is 9.95. The summed E-state index contributed by atoms with van der Waals surface area (Å²) >= 11 is 0. The van der Waals surface area contributed by atoms with Gasteiger partial charge in [0.05, 0.1) is 17.2 Å². The average molecular weight is 383 g/mol. The van der Waals surface area contributed by atoms with E-state index in [9.17, 15) is 18.4 Å². The number of hydrogen-bond acceptors (Lipinski definition) is 3. The molecule has 1 saturated heterocycles. The van der Waals surface area contributed by atoms with E-state index in [-0.39, 0.29) is 17.4 Å². The van der Waals surface area contributed by atoms with Crippen molar-refractivity contribution in [1.29, 1.82) is 5.26 Å². The molecule has 0 saturated carbocycles. The van der Waals surface area contributed by atoms with Crippen LogP contribution in [-0.2, 0) is 11.3 Å².